The Labute approximate surface area is 152 Å². The van der Waals surface area contributed by atoms with Crippen LogP contribution in [0.5, 0.6) is 5.88 Å². The van der Waals surface area contributed by atoms with E-state index in [1.165, 1.54) is 18.5 Å². The van der Waals surface area contributed by atoms with Crippen molar-refractivity contribution in [2.75, 3.05) is 5.32 Å². The van der Waals surface area contributed by atoms with Crippen LogP contribution in [0.2, 0.25) is 0 Å². The van der Waals surface area contributed by atoms with E-state index in [0.717, 1.165) is 17.7 Å². The molecule has 8 nitrogen and oxygen atoms in total. The summed E-state index contributed by atoms with van der Waals surface area (Å²) in [4.78, 5) is 30.0. The van der Waals surface area contributed by atoms with Crippen molar-refractivity contribution in [3.8, 4) is 5.88 Å². The van der Waals surface area contributed by atoms with Gasteiger partial charge >= 0.3 is 5.69 Å². The Hall–Kier alpha value is -3.88. The lowest BCUT2D eigenvalue weighted by Gasteiger charge is -2.07. The van der Waals surface area contributed by atoms with Gasteiger partial charge in [0.2, 0.25) is 11.7 Å². The van der Waals surface area contributed by atoms with Crippen LogP contribution in [0.25, 0.3) is 0 Å². The second-order valence-corrected chi connectivity index (χ2v) is 5.39. The van der Waals surface area contributed by atoms with Crippen molar-refractivity contribution in [2.24, 2.45) is 0 Å². The maximum Gasteiger partial charge on any atom is 0.306 e. The van der Waals surface area contributed by atoms with Crippen molar-refractivity contribution in [2.45, 2.75) is 6.61 Å². The minimum atomic E-state index is -0.989. The Morgan fingerprint density at radius 1 is 1.15 bits per heavy atom. The van der Waals surface area contributed by atoms with Crippen molar-refractivity contribution in [1.82, 2.24) is 9.97 Å². The number of nitro benzene ring substituents is 1. The standard InChI is InChI=1S/C18H13FN4O4/c19-14-7-6-13(8-16(14)23(25)26)22-18(24)15-9-17(21-11-20-15)27-10-12-4-2-1-3-5-12/h1-9,11H,10H2,(H,22,24). The molecule has 1 aromatic heterocycles. The summed E-state index contributed by atoms with van der Waals surface area (Å²) in [6, 6.07) is 13.8. The fourth-order valence-electron chi connectivity index (χ4n) is 2.20. The number of nitrogens with one attached hydrogen (secondary N) is 1. The molecule has 0 aliphatic heterocycles. The fraction of sp³-hybridized carbons (Fsp3) is 0.0556. The molecule has 3 aromatic rings. The van der Waals surface area contributed by atoms with Crippen molar-refractivity contribution >= 4 is 17.3 Å². The number of rotatable bonds is 6. The maximum atomic E-state index is 13.4. The predicted octanol–water partition coefficient (Wildman–Crippen LogP) is 3.36. The summed E-state index contributed by atoms with van der Waals surface area (Å²) in [7, 11) is 0. The van der Waals surface area contributed by atoms with Crippen LogP contribution >= 0.6 is 0 Å². The number of nitrogens with zero attached hydrogens (tertiary/aromatic N) is 3. The number of benzene rings is 2. The molecule has 0 aliphatic carbocycles. The first-order valence-electron chi connectivity index (χ1n) is 7.77. The monoisotopic (exact) mass is 368 g/mol. The van der Waals surface area contributed by atoms with Gasteiger partial charge < -0.3 is 10.1 Å². The highest BCUT2D eigenvalue weighted by Gasteiger charge is 2.16. The maximum absolute atomic E-state index is 13.4. The van der Waals surface area contributed by atoms with E-state index in [9.17, 15) is 19.3 Å². The van der Waals surface area contributed by atoms with Gasteiger partial charge in [-0.05, 0) is 17.7 Å². The van der Waals surface area contributed by atoms with E-state index in [1.54, 1.807) is 0 Å². The molecule has 9 heteroatoms. The van der Waals surface area contributed by atoms with Crippen LogP contribution in [0.4, 0.5) is 15.8 Å². The van der Waals surface area contributed by atoms with Gasteiger partial charge in [0, 0.05) is 17.8 Å². The molecule has 1 amide bonds. The molecule has 0 aliphatic rings. The smallest absolute Gasteiger partial charge is 0.306 e. The van der Waals surface area contributed by atoms with E-state index in [4.69, 9.17) is 4.74 Å². The highest BCUT2D eigenvalue weighted by Crippen LogP contribution is 2.22. The van der Waals surface area contributed by atoms with Gasteiger partial charge in [0.25, 0.3) is 5.91 Å². The third kappa shape index (κ3) is 4.60. The number of aromatic nitrogens is 2. The summed E-state index contributed by atoms with van der Waals surface area (Å²) >= 11 is 0. The molecule has 1 N–H and O–H groups in total. The van der Waals surface area contributed by atoms with Gasteiger partial charge in [-0.2, -0.15) is 4.39 Å². The first-order chi connectivity index (χ1) is 13.0. The third-order valence-corrected chi connectivity index (χ3v) is 3.50. The molecule has 136 valence electrons. The number of hydrogen-bond acceptors (Lipinski definition) is 6. The van der Waals surface area contributed by atoms with Crippen LogP contribution in [-0.4, -0.2) is 20.8 Å². The number of hydrogen-bond donors (Lipinski definition) is 1. The molecule has 3 rings (SSSR count). The summed E-state index contributed by atoms with van der Waals surface area (Å²) in [5.41, 5.74) is 0.265. The Bertz CT molecular complexity index is 982. The Kier molecular flexibility index (Phi) is 5.31. The van der Waals surface area contributed by atoms with Gasteiger partial charge in [-0.25, -0.2) is 9.97 Å². The Morgan fingerprint density at radius 3 is 2.67 bits per heavy atom. The molecule has 0 bridgehead atoms. The summed E-state index contributed by atoms with van der Waals surface area (Å²) in [5.74, 6) is -1.43. The lowest BCUT2D eigenvalue weighted by Crippen LogP contribution is -2.14. The van der Waals surface area contributed by atoms with E-state index < -0.39 is 22.3 Å². The molecule has 0 spiro atoms. The van der Waals surface area contributed by atoms with Gasteiger partial charge in [0.1, 0.15) is 18.6 Å². The van der Waals surface area contributed by atoms with Crippen LogP contribution in [0, 0.1) is 15.9 Å². The molecule has 0 fully saturated rings. The average Bonchev–Trinajstić information content (AvgIpc) is 2.68. The topological polar surface area (TPSA) is 107 Å². The second-order valence-electron chi connectivity index (χ2n) is 5.39. The number of halogens is 1. The average molecular weight is 368 g/mol. The molecular formula is C18H13FN4O4. The lowest BCUT2D eigenvalue weighted by molar-refractivity contribution is -0.387. The lowest BCUT2D eigenvalue weighted by atomic mass is 10.2. The molecule has 0 unspecified atom stereocenters. The molecule has 0 saturated carbocycles. The van der Waals surface area contributed by atoms with E-state index in [1.807, 2.05) is 30.3 Å². The van der Waals surface area contributed by atoms with Gasteiger partial charge in [-0.3, -0.25) is 14.9 Å². The number of amides is 1. The van der Waals surface area contributed by atoms with E-state index in [2.05, 4.69) is 15.3 Å². The predicted molar refractivity (Wildman–Crippen MR) is 93.8 cm³/mol. The first kappa shape index (κ1) is 17.9. The Morgan fingerprint density at radius 2 is 1.93 bits per heavy atom. The number of carbonyl (C=O) groups excluding carboxylic acids is 1. The van der Waals surface area contributed by atoms with Crippen molar-refractivity contribution in [3.63, 3.8) is 0 Å². The molecule has 0 atom stereocenters. The number of carbonyl (C=O) groups is 1. The first-order valence-corrected chi connectivity index (χ1v) is 7.77. The van der Waals surface area contributed by atoms with Gasteiger partial charge in [0.05, 0.1) is 4.92 Å². The zero-order valence-corrected chi connectivity index (χ0v) is 13.8. The molecule has 1 heterocycles. The van der Waals surface area contributed by atoms with Crippen LogP contribution in [-0.2, 0) is 6.61 Å². The molecular weight excluding hydrogens is 355 g/mol. The summed E-state index contributed by atoms with van der Waals surface area (Å²) in [6.45, 7) is 0.267. The van der Waals surface area contributed by atoms with Crippen LogP contribution < -0.4 is 10.1 Å². The van der Waals surface area contributed by atoms with E-state index in [-0.39, 0.29) is 23.9 Å². The molecule has 0 radical (unpaired) electrons. The minimum absolute atomic E-state index is 0.0000368. The van der Waals surface area contributed by atoms with E-state index >= 15 is 0 Å². The highest BCUT2D eigenvalue weighted by molar-refractivity contribution is 6.03. The Balaban J connectivity index is 1.70. The fourth-order valence-corrected chi connectivity index (χ4v) is 2.20. The zero-order valence-electron chi connectivity index (χ0n) is 13.8. The van der Waals surface area contributed by atoms with Gasteiger partial charge in [-0.15, -0.1) is 0 Å². The highest BCUT2D eigenvalue weighted by atomic mass is 19.1. The summed E-state index contributed by atoms with van der Waals surface area (Å²) in [6.07, 6.45) is 1.17. The van der Waals surface area contributed by atoms with Crippen molar-refractivity contribution in [3.05, 3.63) is 88.1 Å². The molecule has 0 saturated heterocycles. The third-order valence-electron chi connectivity index (χ3n) is 3.50. The van der Waals surface area contributed by atoms with Crippen LogP contribution in [0.3, 0.4) is 0 Å². The number of nitro groups is 1. The molecule has 27 heavy (non-hydrogen) atoms. The normalized spacial score (nSPS) is 10.3. The van der Waals surface area contributed by atoms with Crippen LogP contribution in [0.15, 0.2) is 60.9 Å². The van der Waals surface area contributed by atoms with Crippen molar-refractivity contribution in [1.29, 1.82) is 0 Å². The largest absolute Gasteiger partial charge is 0.473 e. The number of anilines is 1. The van der Waals surface area contributed by atoms with E-state index in [0.29, 0.717) is 0 Å². The second kappa shape index (κ2) is 8.00. The number of ether oxygens (including phenoxy) is 1. The van der Waals surface area contributed by atoms with Gasteiger partial charge in [0.15, 0.2) is 0 Å². The summed E-state index contributed by atoms with van der Waals surface area (Å²) in [5, 5.41) is 13.2. The zero-order chi connectivity index (χ0) is 19.2. The summed E-state index contributed by atoms with van der Waals surface area (Å²) < 4.78 is 18.9. The van der Waals surface area contributed by atoms with Crippen LogP contribution in [0.1, 0.15) is 16.1 Å². The minimum Gasteiger partial charge on any atom is -0.473 e. The van der Waals surface area contributed by atoms with Crippen molar-refractivity contribution < 1.29 is 18.8 Å². The quantitative estimate of drug-likeness (QED) is 0.528. The molecule has 2 aromatic carbocycles. The van der Waals surface area contributed by atoms with Gasteiger partial charge in [-0.1, -0.05) is 30.3 Å². The SMILES string of the molecule is O=C(Nc1ccc(F)c([N+](=O)[O-])c1)c1cc(OCc2ccccc2)ncn1.